The maximum Gasteiger partial charge on any atom is 0.217 e. The smallest absolute Gasteiger partial charge is 0.217 e. The molecule has 1 amide bonds. The Bertz CT molecular complexity index is 1010. The lowest BCUT2D eigenvalue weighted by Crippen LogP contribution is -2.68. The number of amides is 1. The molecule has 0 unspecified atom stereocenters. The van der Waals surface area contributed by atoms with Crippen molar-refractivity contribution in [1.29, 1.82) is 0 Å². The summed E-state index contributed by atoms with van der Waals surface area (Å²) in [6.45, 7) is -0.0549. The fourth-order valence-electron chi connectivity index (χ4n) is 5.88. The van der Waals surface area contributed by atoms with E-state index >= 15 is 0 Å². The van der Waals surface area contributed by atoms with Gasteiger partial charge in [-0.25, -0.2) is 0 Å². The van der Waals surface area contributed by atoms with Crippen LogP contribution in [0.5, 0.6) is 0 Å². The highest BCUT2D eigenvalue weighted by molar-refractivity contribution is 5.73. The van der Waals surface area contributed by atoms with E-state index in [0.717, 1.165) is 6.92 Å². The third-order valence-electron chi connectivity index (χ3n) is 8.57. The minimum absolute atomic E-state index is 0.666. The summed E-state index contributed by atoms with van der Waals surface area (Å²) in [7, 11) is 0. The molecular weight excluding hydrogens is 646 g/mol. The second-order valence-corrected chi connectivity index (χ2v) is 11.9. The van der Waals surface area contributed by atoms with Crippen molar-refractivity contribution < 1.29 is 99.2 Å². The van der Waals surface area contributed by atoms with Crippen LogP contribution in [0.3, 0.4) is 0 Å². The Hall–Kier alpha value is -1.29. The predicted octanol–water partition coefficient (Wildman–Crippen LogP) is -8.58. The van der Waals surface area contributed by atoms with E-state index in [4.69, 9.17) is 33.2 Å². The molecule has 0 aromatic rings. The molecule has 4 aliphatic heterocycles. The van der Waals surface area contributed by atoms with E-state index in [-0.39, 0.29) is 0 Å². The van der Waals surface area contributed by atoms with Crippen LogP contribution < -0.4 is 5.32 Å². The molecule has 0 spiro atoms. The standard InChI is InChI=1S/C26H45NO20/c1-6-12(32)15(35)17(37)25(41-6)47-22-19(39)21(9(4-29)42-23(22)40)46-26-18(38)16(36)20(10(5-30)44-26)45-24-11(27-7(2)31)14(34)13(33)8(3-28)43-24/h6,8-26,28-30,32-40H,3-5H2,1-2H3,(H,27,31)/t6-,8+,9+,10+,11+,12+,13-,14+,15+,16+,17-,18+,19-,20-,21+,22+,23-,24-,25-,26-/m0/s1. The normalized spacial score (nSPS) is 51.0. The topological polar surface area (TPSA) is 336 Å². The second kappa shape index (κ2) is 16.2. The molecule has 0 aromatic carbocycles. The molecule has 4 heterocycles. The minimum atomic E-state index is -2.02. The number of nitrogens with one attached hydrogen (secondary N) is 1. The lowest BCUT2D eigenvalue weighted by molar-refractivity contribution is -0.387. The summed E-state index contributed by atoms with van der Waals surface area (Å²) >= 11 is 0. The monoisotopic (exact) mass is 691 g/mol. The number of aliphatic hydroxyl groups is 12. The number of ether oxygens (including phenoxy) is 7. The van der Waals surface area contributed by atoms with E-state index in [0.29, 0.717) is 0 Å². The van der Waals surface area contributed by atoms with Crippen molar-refractivity contribution in [1.82, 2.24) is 5.32 Å². The Kier molecular flexibility index (Phi) is 13.2. The van der Waals surface area contributed by atoms with Gasteiger partial charge in [0.2, 0.25) is 5.91 Å². The van der Waals surface area contributed by atoms with Gasteiger partial charge in [0, 0.05) is 6.92 Å². The Morgan fingerprint density at radius 1 is 0.553 bits per heavy atom. The molecule has 13 N–H and O–H groups in total. The summed E-state index contributed by atoms with van der Waals surface area (Å²) in [5.74, 6) is -0.666. The van der Waals surface area contributed by atoms with Crippen molar-refractivity contribution in [2.45, 2.75) is 137 Å². The van der Waals surface area contributed by atoms with Gasteiger partial charge in [-0.15, -0.1) is 0 Å². The molecule has 4 aliphatic rings. The number of carbonyl (C=O) groups excluding carboxylic acids is 1. The molecule has 274 valence electrons. The van der Waals surface area contributed by atoms with Crippen LogP contribution in [0.4, 0.5) is 0 Å². The maximum absolute atomic E-state index is 11.8. The van der Waals surface area contributed by atoms with Gasteiger partial charge in [-0.2, -0.15) is 0 Å². The molecule has 0 bridgehead atoms. The number of rotatable bonds is 10. The van der Waals surface area contributed by atoms with Gasteiger partial charge in [0.1, 0.15) is 91.5 Å². The SMILES string of the molecule is CC(=O)N[C@H]1[C@H](O[C@@H]2[C@H](O)[C@@H](O)[C@H](O[C@H]3[C@H](O)[C@@H](O[C@@H]4O[C@@H](C)[C@@H](O)[C@@H](O)[C@@H]4O)[C@@H](O)O[C@@H]3CO)O[C@@H]2CO)O[C@H](CO)[C@H](O)[C@@H]1O. The van der Waals surface area contributed by atoms with Gasteiger partial charge in [-0.05, 0) is 6.92 Å². The lowest BCUT2D eigenvalue weighted by Gasteiger charge is -2.49. The number of carbonyl (C=O) groups is 1. The molecule has 4 fully saturated rings. The quantitative estimate of drug-likeness (QED) is 0.101. The highest BCUT2D eigenvalue weighted by Crippen LogP contribution is 2.34. The summed E-state index contributed by atoms with van der Waals surface area (Å²) in [6, 6.07) is -1.44. The van der Waals surface area contributed by atoms with Crippen LogP contribution in [0, 0.1) is 0 Å². The van der Waals surface area contributed by atoms with Gasteiger partial charge >= 0.3 is 0 Å². The zero-order valence-corrected chi connectivity index (χ0v) is 25.3. The van der Waals surface area contributed by atoms with Crippen LogP contribution in [0.25, 0.3) is 0 Å². The van der Waals surface area contributed by atoms with Crippen molar-refractivity contribution >= 4 is 5.91 Å². The molecule has 4 saturated heterocycles. The Morgan fingerprint density at radius 2 is 1.04 bits per heavy atom. The van der Waals surface area contributed by atoms with Crippen molar-refractivity contribution in [3.8, 4) is 0 Å². The number of hydrogen-bond acceptors (Lipinski definition) is 20. The lowest BCUT2D eigenvalue weighted by atomic mass is 9.95. The first-order valence-corrected chi connectivity index (χ1v) is 15.0. The molecule has 21 heteroatoms. The maximum atomic E-state index is 11.8. The van der Waals surface area contributed by atoms with E-state index in [2.05, 4.69) is 5.32 Å². The van der Waals surface area contributed by atoms with Gasteiger partial charge in [-0.1, -0.05) is 0 Å². The fraction of sp³-hybridized carbons (Fsp3) is 0.962. The second-order valence-electron chi connectivity index (χ2n) is 11.9. The van der Waals surface area contributed by atoms with Gasteiger partial charge in [0.25, 0.3) is 0 Å². The Morgan fingerprint density at radius 3 is 1.64 bits per heavy atom. The molecule has 0 aliphatic carbocycles. The zero-order chi connectivity index (χ0) is 34.9. The molecule has 0 aromatic heterocycles. The molecule has 0 saturated carbocycles. The summed E-state index contributed by atoms with van der Waals surface area (Å²) in [4.78, 5) is 11.8. The van der Waals surface area contributed by atoms with Crippen LogP contribution >= 0.6 is 0 Å². The van der Waals surface area contributed by atoms with Gasteiger partial charge < -0.3 is 99.8 Å². The first-order chi connectivity index (χ1) is 22.1. The average Bonchev–Trinajstić information content (AvgIpc) is 3.04. The molecule has 20 atom stereocenters. The van der Waals surface area contributed by atoms with E-state index in [9.17, 15) is 66.1 Å². The molecule has 4 rings (SSSR count). The molecule has 0 radical (unpaired) electrons. The number of hydrogen-bond donors (Lipinski definition) is 13. The summed E-state index contributed by atoms with van der Waals surface area (Å²) in [5.41, 5.74) is 0. The summed E-state index contributed by atoms with van der Waals surface area (Å²) < 4.78 is 38.6. The van der Waals surface area contributed by atoms with E-state index in [1.54, 1.807) is 0 Å². The van der Waals surface area contributed by atoms with Crippen molar-refractivity contribution in [3.63, 3.8) is 0 Å². The fourth-order valence-corrected chi connectivity index (χ4v) is 5.88. The van der Waals surface area contributed by atoms with Crippen LogP contribution in [0.2, 0.25) is 0 Å². The van der Waals surface area contributed by atoms with Gasteiger partial charge in [0.05, 0.1) is 25.9 Å². The van der Waals surface area contributed by atoms with E-state index in [1.165, 1.54) is 6.92 Å². The van der Waals surface area contributed by atoms with Gasteiger partial charge in [0.15, 0.2) is 25.2 Å². The van der Waals surface area contributed by atoms with Crippen LogP contribution in [-0.2, 0) is 38.0 Å². The Balaban J connectivity index is 1.49. The average molecular weight is 692 g/mol. The highest BCUT2D eigenvalue weighted by Gasteiger charge is 2.55. The van der Waals surface area contributed by atoms with Crippen molar-refractivity contribution in [2.75, 3.05) is 19.8 Å². The minimum Gasteiger partial charge on any atom is -0.394 e. The zero-order valence-electron chi connectivity index (χ0n) is 25.3. The van der Waals surface area contributed by atoms with Crippen molar-refractivity contribution in [2.24, 2.45) is 0 Å². The van der Waals surface area contributed by atoms with Crippen LogP contribution in [0.1, 0.15) is 13.8 Å². The Labute approximate surface area is 267 Å². The number of aliphatic hydroxyl groups excluding tert-OH is 12. The van der Waals surface area contributed by atoms with Gasteiger partial charge in [-0.3, -0.25) is 4.79 Å². The molecule has 47 heavy (non-hydrogen) atoms. The third-order valence-corrected chi connectivity index (χ3v) is 8.57. The summed E-state index contributed by atoms with van der Waals surface area (Å²) in [5, 5.41) is 127. The first-order valence-electron chi connectivity index (χ1n) is 15.0. The van der Waals surface area contributed by atoms with Crippen LogP contribution in [0.15, 0.2) is 0 Å². The van der Waals surface area contributed by atoms with E-state index in [1.807, 2.05) is 0 Å². The largest absolute Gasteiger partial charge is 0.394 e. The third kappa shape index (κ3) is 8.04. The van der Waals surface area contributed by atoms with Crippen LogP contribution in [-0.4, -0.2) is 210 Å². The first kappa shape index (κ1) is 38.5. The van der Waals surface area contributed by atoms with Crippen molar-refractivity contribution in [3.05, 3.63) is 0 Å². The van der Waals surface area contributed by atoms with E-state index < -0.39 is 148 Å². The summed E-state index contributed by atoms with van der Waals surface area (Å²) in [6.07, 6.45) is -32.0. The molecule has 21 nitrogen and oxygen atoms in total. The highest BCUT2D eigenvalue weighted by atomic mass is 16.8. The predicted molar refractivity (Wildman–Crippen MR) is 144 cm³/mol. The molecular formula is C26H45NO20.